The second-order valence-corrected chi connectivity index (χ2v) is 7.01. The number of amides is 1. The molecule has 136 valence electrons. The first-order valence-electron chi connectivity index (χ1n) is 9.51. The van der Waals surface area contributed by atoms with Gasteiger partial charge in [0.05, 0.1) is 7.11 Å². The number of benzene rings is 1. The van der Waals surface area contributed by atoms with E-state index in [-0.39, 0.29) is 5.91 Å². The molecule has 0 bridgehead atoms. The van der Waals surface area contributed by atoms with Gasteiger partial charge >= 0.3 is 0 Å². The van der Waals surface area contributed by atoms with Gasteiger partial charge < -0.3 is 10.1 Å². The van der Waals surface area contributed by atoms with Crippen LogP contribution in [0.15, 0.2) is 24.3 Å². The van der Waals surface area contributed by atoms with Crippen LogP contribution in [0.2, 0.25) is 0 Å². The summed E-state index contributed by atoms with van der Waals surface area (Å²) in [5.41, 5.74) is 1.19. The zero-order valence-electron chi connectivity index (χ0n) is 15.8. The molecule has 0 saturated carbocycles. The Morgan fingerprint density at radius 3 is 2.50 bits per heavy atom. The number of carbonyl (C=O) groups excluding carboxylic acids is 1. The van der Waals surface area contributed by atoms with Gasteiger partial charge in [0.15, 0.2) is 0 Å². The number of carbonyl (C=O) groups is 1. The lowest BCUT2D eigenvalue weighted by Gasteiger charge is -2.07. The molecule has 0 spiro atoms. The average Bonchev–Trinajstić information content (AvgIpc) is 2.57. The molecule has 1 aromatic carbocycles. The molecule has 1 aromatic rings. The van der Waals surface area contributed by atoms with Crippen LogP contribution in [0.3, 0.4) is 0 Å². The van der Waals surface area contributed by atoms with Crippen LogP contribution < -0.4 is 10.1 Å². The Morgan fingerprint density at radius 2 is 1.79 bits per heavy atom. The fourth-order valence-corrected chi connectivity index (χ4v) is 2.81. The molecule has 0 saturated heterocycles. The van der Waals surface area contributed by atoms with Crippen molar-refractivity contribution in [3.05, 3.63) is 29.8 Å². The number of nitrogens with one attached hydrogen (secondary N) is 1. The number of hydrogen-bond donors (Lipinski definition) is 1. The van der Waals surface area contributed by atoms with Crippen molar-refractivity contribution < 1.29 is 9.53 Å². The molecular weight excluding hydrogens is 298 g/mol. The van der Waals surface area contributed by atoms with Crippen LogP contribution >= 0.6 is 0 Å². The van der Waals surface area contributed by atoms with Crippen molar-refractivity contribution in [1.82, 2.24) is 5.32 Å². The molecule has 0 atom stereocenters. The highest BCUT2D eigenvalue weighted by molar-refractivity contribution is 5.75. The standard InChI is InChI=1S/C21H35NO2/c1-18(2)11-8-6-4-5-7-9-14-21(23)22-16-15-19-12-10-13-20(17-19)24-3/h10,12-13,17-18H,4-9,11,14-16H2,1-3H3,(H,22,23). The summed E-state index contributed by atoms with van der Waals surface area (Å²) in [6.45, 7) is 5.26. The van der Waals surface area contributed by atoms with E-state index in [4.69, 9.17) is 4.74 Å². The van der Waals surface area contributed by atoms with Crippen LogP contribution in [0.4, 0.5) is 0 Å². The zero-order valence-corrected chi connectivity index (χ0v) is 15.8. The van der Waals surface area contributed by atoms with Crippen LogP contribution in [0.25, 0.3) is 0 Å². The molecule has 3 nitrogen and oxygen atoms in total. The minimum absolute atomic E-state index is 0.178. The summed E-state index contributed by atoms with van der Waals surface area (Å²) in [5.74, 6) is 1.87. The Kier molecular flexibility index (Phi) is 11.0. The molecule has 0 aliphatic carbocycles. The van der Waals surface area contributed by atoms with Gasteiger partial charge in [0.2, 0.25) is 5.91 Å². The lowest BCUT2D eigenvalue weighted by atomic mass is 10.0. The molecule has 0 unspecified atom stereocenters. The molecule has 0 aromatic heterocycles. The van der Waals surface area contributed by atoms with Gasteiger partial charge in [-0.15, -0.1) is 0 Å². The average molecular weight is 334 g/mol. The predicted octanol–water partition coefficient (Wildman–Crippen LogP) is 5.13. The van der Waals surface area contributed by atoms with E-state index in [1.807, 2.05) is 18.2 Å². The Hall–Kier alpha value is -1.51. The van der Waals surface area contributed by atoms with Gasteiger partial charge in [-0.3, -0.25) is 4.79 Å². The van der Waals surface area contributed by atoms with Gasteiger partial charge in [-0.05, 0) is 36.5 Å². The van der Waals surface area contributed by atoms with E-state index in [0.717, 1.165) is 24.5 Å². The third-order valence-corrected chi connectivity index (χ3v) is 4.31. The Labute approximate surface area is 148 Å². The first-order valence-corrected chi connectivity index (χ1v) is 9.51. The first-order chi connectivity index (χ1) is 11.6. The van der Waals surface area contributed by atoms with Crippen molar-refractivity contribution in [2.24, 2.45) is 5.92 Å². The lowest BCUT2D eigenvalue weighted by Crippen LogP contribution is -2.25. The maximum atomic E-state index is 11.8. The highest BCUT2D eigenvalue weighted by Gasteiger charge is 2.02. The summed E-state index contributed by atoms with van der Waals surface area (Å²) in [6.07, 6.45) is 10.3. The lowest BCUT2D eigenvalue weighted by molar-refractivity contribution is -0.121. The molecule has 0 aliphatic rings. The fourth-order valence-electron chi connectivity index (χ4n) is 2.81. The van der Waals surface area contributed by atoms with E-state index in [1.54, 1.807) is 7.11 Å². The molecular formula is C21H35NO2. The largest absolute Gasteiger partial charge is 0.497 e. The van der Waals surface area contributed by atoms with Crippen molar-refractivity contribution in [3.8, 4) is 5.75 Å². The Balaban J connectivity index is 1.98. The summed E-state index contributed by atoms with van der Waals surface area (Å²) in [5, 5.41) is 3.01. The summed E-state index contributed by atoms with van der Waals surface area (Å²) in [7, 11) is 1.67. The fraction of sp³-hybridized carbons (Fsp3) is 0.667. The SMILES string of the molecule is COc1cccc(CCNC(=O)CCCCCCCCC(C)C)c1. The molecule has 0 fully saturated rings. The Morgan fingerprint density at radius 1 is 1.08 bits per heavy atom. The molecule has 1 rings (SSSR count). The van der Waals surface area contributed by atoms with Crippen LogP contribution in [-0.4, -0.2) is 19.6 Å². The summed E-state index contributed by atoms with van der Waals surface area (Å²) < 4.78 is 5.21. The normalized spacial score (nSPS) is 10.8. The van der Waals surface area contributed by atoms with E-state index >= 15 is 0 Å². The number of hydrogen-bond acceptors (Lipinski definition) is 2. The highest BCUT2D eigenvalue weighted by Crippen LogP contribution is 2.13. The number of methoxy groups -OCH3 is 1. The molecule has 1 amide bonds. The van der Waals surface area contributed by atoms with E-state index in [9.17, 15) is 4.79 Å². The Bertz CT molecular complexity index is 457. The molecule has 3 heteroatoms. The van der Waals surface area contributed by atoms with Crippen LogP contribution in [-0.2, 0) is 11.2 Å². The maximum Gasteiger partial charge on any atom is 0.220 e. The number of rotatable bonds is 13. The quantitative estimate of drug-likeness (QED) is 0.508. The second-order valence-electron chi connectivity index (χ2n) is 7.01. The van der Waals surface area contributed by atoms with Crippen molar-refractivity contribution in [2.45, 2.75) is 71.6 Å². The second kappa shape index (κ2) is 12.9. The zero-order chi connectivity index (χ0) is 17.6. The molecule has 1 N–H and O–H groups in total. The van der Waals surface area contributed by atoms with E-state index in [1.165, 1.54) is 44.1 Å². The molecule has 0 radical (unpaired) electrons. The monoisotopic (exact) mass is 333 g/mol. The third kappa shape index (κ3) is 10.3. The summed E-state index contributed by atoms with van der Waals surface area (Å²) in [4.78, 5) is 11.8. The minimum atomic E-state index is 0.178. The van der Waals surface area contributed by atoms with Crippen molar-refractivity contribution in [3.63, 3.8) is 0 Å². The smallest absolute Gasteiger partial charge is 0.220 e. The first kappa shape index (κ1) is 20.5. The number of ether oxygens (including phenoxy) is 1. The van der Waals surface area contributed by atoms with Gasteiger partial charge in [0.1, 0.15) is 5.75 Å². The predicted molar refractivity (Wildman–Crippen MR) is 101 cm³/mol. The minimum Gasteiger partial charge on any atom is -0.497 e. The topological polar surface area (TPSA) is 38.3 Å². The van der Waals surface area contributed by atoms with Crippen molar-refractivity contribution in [1.29, 1.82) is 0 Å². The van der Waals surface area contributed by atoms with Gasteiger partial charge in [-0.1, -0.05) is 64.5 Å². The highest BCUT2D eigenvalue weighted by atomic mass is 16.5. The van der Waals surface area contributed by atoms with Crippen LogP contribution in [0.5, 0.6) is 5.75 Å². The van der Waals surface area contributed by atoms with E-state index < -0.39 is 0 Å². The third-order valence-electron chi connectivity index (χ3n) is 4.31. The summed E-state index contributed by atoms with van der Waals surface area (Å²) >= 11 is 0. The maximum absolute atomic E-state index is 11.8. The van der Waals surface area contributed by atoms with Gasteiger partial charge in [-0.25, -0.2) is 0 Å². The van der Waals surface area contributed by atoms with E-state index in [2.05, 4.69) is 25.2 Å². The van der Waals surface area contributed by atoms with Gasteiger partial charge in [-0.2, -0.15) is 0 Å². The number of unbranched alkanes of at least 4 members (excludes halogenated alkanes) is 5. The summed E-state index contributed by atoms with van der Waals surface area (Å²) in [6, 6.07) is 8.00. The van der Waals surface area contributed by atoms with Crippen LogP contribution in [0.1, 0.15) is 70.8 Å². The molecule has 0 aliphatic heterocycles. The molecule has 24 heavy (non-hydrogen) atoms. The van der Waals surface area contributed by atoms with Gasteiger partial charge in [0, 0.05) is 13.0 Å². The van der Waals surface area contributed by atoms with Crippen molar-refractivity contribution >= 4 is 5.91 Å². The molecule has 0 heterocycles. The van der Waals surface area contributed by atoms with Gasteiger partial charge in [0.25, 0.3) is 0 Å². The van der Waals surface area contributed by atoms with Crippen molar-refractivity contribution in [2.75, 3.05) is 13.7 Å². The van der Waals surface area contributed by atoms with Crippen LogP contribution in [0, 0.1) is 5.92 Å². The van der Waals surface area contributed by atoms with E-state index in [0.29, 0.717) is 13.0 Å².